The Hall–Kier alpha value is -1.33. The first-order valence-electron chi connectivity index (χ1n) is 5.59. The molecule has 2 rings (SSSR count). The van der Waals surface area contributed by atoms with Gasteiger partial charge in [-0.2, -0.15) is 0 Å². The lowest BCUT2D eigenvalue weighted by Crippen LogP contribution is -2.27. The lowest BCUT2D eigenvalue weighted by molar-refractivity contribution is -0.00897. The molecule has 0 aromatic carbocycles. The Morgan fingerprint density at radius 3 is 3.06 bits per heavy atom. The van der Waals surface area contributed by atoms with Crippen LogP contribution in [0.4, 0.5) is 0 Å². The van der Waals surface area contributed by atoms with E-state index in [0.29, 0.717) is 31.0 Å². The molecule has 0 saturated carbocycles. The summed E-state index contributed by atoms with van der Waals surface area (Å²) in [4.78, 5) is 11.3. The van der Waals surface area contributed by atoms with Gasteiger partial charge in [0.05, 0.1) is 37.6 Å². The molecular weight excluding hydrogens is 224 g/mol. The number of hydrogen-bond donors (Lipinski definition) is 1. The van der Waals surface area contributed by atoms with Gasteiger partial charge in [0.15, 0.2) is 0 Å². The summed E-state index contributed by atoms with van der Waals surface area (Å²) in [6.07, 6.45) is 0.476. The van der Waals surface area contributed by atoms with Crippen molar-refractivity contribution in [3.8, 4) is 5.75 Å². The van der Waals surface area contributed by atoms with Crippen LogP contribution in [-0.4, -0.2) is 24.4 Å². The van der Waals surface area contributed by atoms with E-state index in [9.17, 15) is 9.90 Å². The van der Waals surface area contributed by atoms with Crippen LogP contribution >= 0.6 is 0 Å². The smallest absolute Gasteiger partial charge is 0.339 e. The van der Waals surface area contributed by atoms with Crippen LogP contribution in [-0.2, 0) is 17.8 Å². The van der Waals surface area contributed by atoms with E-state index >= 15 is 0 Å². The van der Waals surface area contributed by atoms with E-state index in [1.807, 2.05) is 0 Å². The third-order valence-electron chi connectivity index (χ3n) is 2.81. The van der Waals surface area contributed by atoms with E-state index in [0.717, 1.165) is 5.56 Å². The summed E-state index contributed by atoms with van der Waals surface area (Å²) < 4.78 is 15.9. The van der Waals surface area contributed by atoms with Gasteiger partial charge < -0.3 is 19.0 Å². The van der Waals surface area contributed by atoms with Gasteiger partial charge in [0.25, 0.3) is 0 Å². The maximum Gasteiger partial charge on any atom is 0.339 e. The predicted molar refractivity (Wildman–Crippen MR) is 60.1 cm³/mol. The molecule has 0 saturated heterocycles. The Kier molecular flexibility index (Phi) is 3.49. The van der Waals surface area contributed by atoms with Gasteiger partial charge in [-0.1, -0.05) is 0 Å². The average molecular weight is 240 g/mol. The first kappa shape index (κ1) is 12.1. The van der Waals surface area contributed by atoms with Crippen LogP contribution < -0.4 is 10.4 Å². The van der Waals surface area contributed by atoms with Gasteiger partial charge in [0, 0.05) is 6.42 Å². The fourth-order valence-electron chi connectivity index (χ4n) is 2.04. The van der Waals surface area contributed by atoms with Crippen LogP contribution in [0.3, 0.4) is 0 Å². The van der Waals surface area contributed by atoms with Gasteiger partial charge in [-0.15, -0.1) is 0 Å². The summed E-state index contributed by atoms with van der Waals surface area (Å²) in [7, 11) is 1.51. The topological polar surface area (TPSA) is 68.9 Å². The monoisotopic (exact) mass is 240 g/mol. The summed E-state index contributed by atoms with van der Waals surface area (Å²) in [5.74, 6) is 1.11. The molecule has 1 N–H and O–H groups in total. The minimum absolute atomic E-state index is 0.113. The maximum atomic E-state index is 11.3. The summed E-state index contributed by atoms with van der Waals surface area (Å²) in [6.45, 7) is 2.06. The molecule has 1 aliphatic rings. The Morgan fingerprint density at radius 1 is 1.65 bits per heavy atom. The van der Waals surface area contributed by atoms with Crippen molar-refractivity contribution in [2.75, 3.05) is 7.11 Å². The second-order valence-corrected chi connectivity index (χ2v) is 4.26. The van der Waals surface area contributed by atoms with Crippen LogP contribution in [0.2, 0.25) is 0 Å². The lowest BCUT2D eigenvalue weighted by Gasteiger charge is -2.25. The molecule has 0 spiro atoms. The summed E-state index contributed by atoms with van der Waals surface area (Å²) >= 11 is 0. The molecule has 94 valence electrons. The number of aliphatic hydroxyl groups excluding tert-OH is 1. The SMILES string of the molecule is COc1cc(=O)oc2c1CO[C@@H](C[C@H](C)O)C2. The highest BCUT2D eigenvalue weighted by Crippen LogP contribution is 2.28. The minimum atomic E-state index is -0.432. The summed E-state index contributed by atoms with van der Waals surface area (Å²) in [6, 6.07) is 1.32. The number of aliphatic hydroxyl groups is 1. The molecule has 0 amide bonds. The third kappa shape index (κ3) is 2.68. The van der Waals surface area contributed by atoms with Crippen molar-refractivity contribution in [2.24, 2.45) is 0 Å². The molecule has 0 aliphatic carbocycles. The van der Waals surface area contributed by atoms with Crippen LogP contribution in [0.15, 0.2) is 15.3 Å². The van der Waals surface area contributed by atoms with Gasteiger partial charge in [0.2, 0.25) is 0 Å². The van der Waals surface area contributed by atoms with Crippen molar-refractivity contribution in [3.63, 3.8) is 0 Å². The normalized spacial score (nSPS) is 20.8. The molecule has 2 heterocycles. The average Bonchev–Trinajstić information content (AvgIpc) is 2.26. The van der Waals surface area contributed by atoms with Gasteiger partial charge >= 0.3 is 5.63 Å². The quantitative estimate of drug-likeness (QED) is 0.848. The first-order chi connectivity index (χ1) is 8.10. The van der Waals surface area contributed by atoms with Crippen molar-refractivity contribution in [3.05, 3.63) is 27.8 Å². The molecule has 0 bridgehead atoms. The molecule has 1 aromatic heterocycles. The molecule has 0 radical (unpaired) electrons. The molecule has 1 aliphatic heterocycles. The first-order valence-corrected chi connectivity index (χ1v) is 5.59. The van der Waals surface area contributed by atoms with Crippen molar-refractivity contribution in [2.45, 2.75) is 38.6 Å². The number of hydrogen-bond acceptors (Lipinski definition) is 5. The number of rotatable bonds is 3. The molecule has 2 atom stereocenters. The van der Waals surface area contributed by atoms with Crippen LogP contribution in [0.1, 0.15) is 24.7 Å². The van der Waals surface area contributed by atoms with E-state index in [1.54, 1.807) is 6.92 Å². The summed E-state index contributed by atoms with van der Waals surface area (Å²) in [5.41, 5.74) is 0.368. The number of methoxy groups -OCH3 is 1. The number of fused-ring (bicyclic) bond motifs is 1. The molecule has 5 heteroatoms. The molecule has 0 unspecified atom stereocenters. The van der Waals surface area contributed by atoms with E-state index in [1.165, 1.54) is 13.2 Å². The molecule has 1 aromatic rings. The second kappa shape index (κ2) is 4.89. The van der Waals surface area contributed by atoms with Crippen LogP contribution in [0.25, 0.3) is 0 Å². The Morgan fingerprint density at radius 2 is 2.41 bits per heavy atom. The van der Waals surface area contributed by atoms with Crippen LogP contribution in [0, 0.1) is 0 Å². The van der Waals surface area contributed by atoms with Gasteiger partial charge in [-0.25, -0.2) is 4.79 Å². The molecular formula is C12H16O5. The minimum Gasteiger partial charge on any atom is -0.496 e. The van der Waals surface area contributed by atoms with Gasteiger partial charge in [0.1, 0.15) is 11.5 Å². The van der Waals surface area contributed by atoms with E-state index in [4.69, 9.17) is 13.9 Å². The zero-order valence-electron chi connectivity index (χ0n) is 9.93. The van der Waals surface area contributed by atoms with Gasteiger partial charge in [-0.3, -0.25) is 0 Å². The predicted octanol–water partition coefficient (Wildman–Crippen LogP) is 0.861. The van der Waals surface area contributed by atoms with Crippen molar-refractivity contribution in [1.29, 1.82) is 0 Å². The molecule has 5 nitrogen and oxygen atoms in total. The van der Waals surface area contributed by atoms with E-state index in [-0.39, 0.29) is 6.10 Å². The highest BCUT2D eigenvalue weighted by atomic mass is 16.5. The Labute approximate surface area is 99.0 Å². The fourth-order valence-corrected chi connectivity index (χ4v) is 2.04. The standard InChI is InChI=1S/C12H16O5/c1-7(13)3-8-4-11-9(6-16-8)10(15-2)5-12(14)17-11/h5,7-8,13H,3-4,6H2,1-2H3/t7-,8-/m0/s1. The fraction of sp³-hybridized carbons (Fsp3) is 0.583. The maximum absolute atomic E-state index is 11.3. The molecule has 17 heavy (non-hydrogen) atoms. The van der Waals surface area contributed by atoms with Crippen molar-refractivity contribution >= 4 is 0 Å². The summed E-state index contributed by atoms with van der Waals surface area (Å²) in [5, 5.41) is 9.31. The van der Waals surface area contributed by atoms with Crippen molar-refractivity contribution in [1.82, 2.24) is 0 Å². The van der Waals surface area contributed by atoms with Crippen LogP contribution in [0.5, 0.6) is 5.75 Å². The van der Waals surface area contributed by atoms with E-state index < -0.39 is 11.7 Å². The highest BCUT2D eigenvalue weighted by molar-refractivity contribution is 5.34. The highest BCUT2D eigenvalue weighted by Gasteiger charge is 2.25. The Bertz CT molecular complexity index is 449. The molecule has 0 fully saturated rings. The third-order valence-corrected chi connectivity index (χ3v) is 2.81. The Balaban J connectivity index is 2.26. The number of ether oxygens (including phenoxy) is 2. The lowest BCUT2D eigenvalue weighted by atomic mass is 10.0. The van der Waals surface area contributed by atoms with Gasteiger partial charge in [-0.05, 0) is 13.3 Å². The zero-order valence-corrected chi connectivity index (χ0v) is 9.93. The zero-order chi connectivity index (χ0) is 12.4. The van der Waals surface area contributed by atoms with Crippen molar-refractivity contribution < 1.29 is 19.0 Å². The second-order valence-electron chi connectivity index (χ2n) is 4.26. The van der Waals surface area contributed by atoms with E-state index in [2.05, 4.69) is 0 Å². The largest absolute Gasteiger partial charge is 0.496 e.